The predicted molar refractivity (Wildman–Crippen MR) is 70.4 cm³/mol. The summed E-state index contributed by atoms with van der Waals surface area (Å²) >= 11 is 0. The summed E-state index contributed by atoms with van der Waals surface area (Å²) < 4.78 is 0. The first-order valence-corrected chi connectivity index (χ1v) is 5.77. The third-order valence-corrected chi connectivity index (χ3v) is 2.85. The van der Waals surface area contributed by atoms with Gasteiger partial charge in [0.15, 0.2) is 0 Å². The molecule has 1 heterocycles. The maximum absolute atomic E-state index is 3.94. The van der Waals surface area contributed by atoms with Crippen LogP contribution in [0.4, 0.5) is 11.4 Å². The van der Waals surface area contributed by atoms with Gasteiger partial charge in [-0.05, 0) is 43.7 Å². The minimum Gasteiger partial charge on any atom is -0.364 e. The average Bonchev–Trinajstić information content (AvgIpc) is 2.57. The summed E-state index contributed by atoms with van der Waals surface area (Å²) in [7, 11) is 0. The number of aliphatic imine (C=N–C) groups is 1. The molecular formula is C13H19N3. The number of fused-ring (bicyclic) bond motifs is 1. The smallest absolute Gasteiger partial charge is 0.0935 e. The van der Waals surface area contributed by atoms with Crippen LogP contribution in [0.15, 0.2) is 23.2 Å². The summed E-state index contributed by atoms with van der Waals surface area (Å²) in [5.41, 5.74) is 3.77. The molecule has 0 aromatic heterocycles. The molecule has 0 saturated carbocycles. The van der Waals surface area contributed by atoms with E-state index in [1.54, 1.807) is 0 Å². The fourth-order valence-corrected chi connectivity index (χ4v) is 2.15. The number of rotatable bonds is 4. The van der Waals surface area contributed by atoms with Crippen LogP contribution in [-0.2, 0) is 6.42 Å². The second kappa shape index (κ2) is 4.56. The highest BCUT2D eigenvalue weighted by atomic mass is 15.2. The molecule has 2 atom stereocenters. The lowest BCUT2D eigenvalue weighted by molar-refractivity contribution is 0.596. The maximum atomic E-state index is 3.94. The van der Waals surface area contributed by atoms with Crippen LogP contribution in [0.2, 0.25) is 0 Å². The van der Waals surface area contributed by atoms with Gasteiger partial charge in [0.05, 0.1) is 17.5 Å². The summed E-state index contributed by atoms with van der Waals surface area (Å²) in [4.78, 5) is 3.94. The number of nitrogens with zero attached hydrogens (tertiary/aromatic N) is 1. The number of benzene rings is 1. The first kappa shape index (κ1) is 11.0. The molecule has 1 aromatic carbocycles. The van der Waals surface area contributed by atoms with E-state index in [1.807, 2.05) is 0 Å². The SMILES string of the molecule is C=NCC(C)Cc1ccc2c(c1)NC(C)N2. The number of nitrogens with one attached hydrogen (secondary N) is 2. The first-order valence-electron chi connectivity index (χ1n) is 5.77. The highest BCUT2D eigenvalue weighted by Crippen LogP contribution is 2.30. The minimum absolute atomic E-state index is 0.331. The predicted octanol–water partition coefficient (Wildman–Crippen LogP) is 2.75. The van der Waals surface area contributed by atoms with Gasteiger partial charge >= 0.3 is 0 Å². The molecule has 2 rings (SSSR count). The summed E-state index contributed by atoms with van der Waals surface area (Å²) in [6, 6.07) is 6.56. The normalized spacial score (nSPS) is 19.5. The summed E-state index contributed by atoms with van der Waals surface area (Å²) in [5, 5.41) is 6.76. The summed E-state index contributed by atoms with van der Waals surface area (Å²) in [5.74, 6) is 0.558. The van der Waals surface area contributed by atoms with Gasteiger partial charge in [0.25, 0.3) is 0 Å². The largest absolute Gasteiger partial charge is 0.364 e. The van der Waals surface area contributed by atoms with Gasteiger partial charge in [0.2, 0.25) is 0 Å². The van der Waals surface area contributed by atoms with Crippen LogP contribution in [0, 0.1) is 5.92 Å². The second-order valence-corrected chi connectivity index (χ2v) is 4.61. The molecule has 1 aliphatic heterocycles. The summed E-state index contributed by atoms with van der Waals surface area (Å²) in [6.45, 7) is 8.69. The van der Waals surface area contributed by atoms with Crippen LogP contribution in [0.5, 0.6) is 0 Å². The Morgan fingerprint density at radius 1 is 1.38 bits per heavy atom. The fourth-order valence-electron chi connectivity index (χ4n) is 2.15. The van der Waals surface area contributed by atoms with E-state index in [2.05, 4.69) is 54.4 Å². The van der Waals surface area contributed by atoms with Crippen molar-refractivity contribution in [2.45, 2.75) is 26.4 Å². The van der Waals surface area contributed by atoms with Crippen LogP contribution in [-0.4, -0.2) is 19.4 Å². The van der Waals surface area contributed by atoms with Gasteiger partial charge in [-0.1, -0.05) is 13.0 Å². The van der Waals surface area contributed by atoms with Crippen molar-refractivity contribution in [2.24, 2.45) is 10.9 Å². The fraction of sp³-hybridized carbons (Fsp3) is 0.462. The van der Waals surface area contributed by atoms with Crippen LogP contribution in [0.1, 0.15) is 19.4 Å². The van der Waals surface area contributed by atoms with E-state index in [0.717, 1.165) is 13.0 Å². The van der Waals surface area contributed by atoms with Crippen molar-refractivity contribution in [1.29, 1.82) is 0 Å². The van der Waals surface area contributed by atoms with Crippen molar-refractivity contribution in [3.8, 4) is 0 Å². The van der Waals surface area contributed by atoms with Crippen LogP contribution < -0.4 is 10.6 Å². The molecule has 16 heavy (non-hydrogen) atoms. The molecule has 1 aliphatic rings. The van der Waals surface area contributed by atoms with Crippen molar-refractivity contribution in [3.63, 3.8) is 0 Å². The molecule has 0 aliphatic carbocycles. The number of hydrogen-bond acceptors (Lipinski definition) is 3. The third-order valence-electron chi connectivity index (χ3n) is 2.85. The van der Waals surface area contributed by atoms with E-state index in [0.29, 0.717) is 12.1 Å². The maximum Gasteiger partial charge on any atom is 0.0935 e. The van der Waals surface area contributed by atoms with Gasteiger partial charge in [-0.3, -0.25) is 0 Å². The topological polar surface area (TPSA) is 36.4 Å². The lowest BCUT2D eigenvalue weighted by Crippen LogP contribution is -2.16. The van der Waals surface area contributed by atoms with Gasteiger partial charge < -0.3 is 15.6 Å². The Balaban J connectivity index is 2.07. The molecule has 3 nitrogen and oxygen atoms in total. The average molecular weight is 217 g/mol. The highest BCUT2D eigenvalue weighted by molar-refractivity contribution is 5.74. The Hall–Kier alpha value is -1.51. The summed E-state index contributed by atoms with van der Waals surface area (Å²) in [6.07, 6.45) is 1.39. The minimum atomic E-state index is 0.331. The first-order chi connectivity index (χ1) is 7.69. The lowest BCUT2D eigenvalue weighted by atomic mass is 10.0. The molecule has 0 saturated heterocycles. The second-order valence-electron chi connectivity index (χ2n) is 4.61. The van der Waals surface area contributed by atoms with Gasteiger partial charge in [0, 0.05) is 6.54 Å². The van der Waals surface area contributed by atoms with Gasteiger partial charge in [0.1, 0.15) is 0 Å². The molecule has 3 heteroatoms. The molecule has 0 spiro atoms. The molecule has 0 fully saturated rings. The number of hydrogen-bond donors (Lipinski definition) is 2. The monoisotopic (exact) mass is 217 g/mol. The zero-order valence-electron chi connectivity index (χ0n) is 9.96. The van der Waals surface area contributed by atoms with Gasteiger partial charge in [-0.2, -0.15) is 0 Å². The highest BCUT2D eigenvalue weighted by Gasteiger charge is 2.15. The Morgan fingerprint density at radius 3 is 2.88 bits per heavy atom. The molecule has 2 N–H and O–H groups in total. The molecule has 0 radical (unpaired) electrons. The standard InChI is InChI=1S/C13H19N3/c1-9(8-14-3)6-11-4-5-12-13(7-11)16-10(2)15-12/h4-5,7,9-10,15-16H,3,6,8H2,1-2H3. The molecule has 0 bridgehead atoms. The Labute approximate surface area is 97.0 Å². The van der Waals surface area contributed by atoms with Gasteiger partial charge in [-0.25, -0.2) is 0 Å². The molecule has 2 unspecified atom stereocenters. The molecular weight excluding hydrogens is 198 g/mol. The zero-order valence-corrected chi connectivity index (χ0v) is 9.96. The lowest BCUT2D eigenvalue weighted by Gasteiger charge is -2.09. The van der Waals surface area contributed by atoms with E-state index in [1.165, 1.54) is 16.9 Å². The molecule has 0 amide bonds. The Kier molecular flexibility index (Phi) is 3.13. The quantitative estimate of drug-likeness (QED) is 0.761. The van der Waals surface area contributed by atoms with Crippen molar-refractivity contribution in [2.75, 3.05) is 17.2 Å². The van der Waals surface area contributed by atoms with E-state index in [4.69, 9.17) is 0 Å². The van der Waals surface area contributed by atoms with Crippen molar-refractivity contribution >= 4 is 18.1 Å². The van der Waals surface area contributed by atoms with Crippen LogP contribution in [0.3, 0.4) is 0 Å². The molecule has 1 aromatic rings. The van der Waals surface area contributed by atoms with E-state index in [9.17, 15) is 0 Å². The Bertz CT molecular complexity index is 387. The third kappa shape index (κ3) is 2.35. The number of anilines is 2. The zero-order chi connectivity index (χ0) is 11.5. The van der Waals surface area contributed by atoms with E-state index in [-0.39, 0.29) is 0 Å². The van der Waals surface area contributed by atoms with E-state index >= 15 is 0 Å². The van der Waals surface area contributed by atoms with Crippen molar-refractivity contribution < 1.29 is 0 Å². The van der Waals surface area contributed by atoms with E-state index < -0.39 is 0 Å². The molecule has 86 valence electrons. The van der Waals surface area contributed by atoms with Crippen molar-refractivity contribution in [1.82, 2.24) is 0 Å². The van der Waals surface area contributed by atoms with Gasteiger partial charge in [-0.15, -0.1) is 0 Å². The Morgan fingerprint density at radius 2 is 2.12 bits per heavy atom. The van der Waals surface area contributed by atoms with Crippen LogP contribution >= 0.6 is 0 Å². The van der Waals surface area contributed by atoms with Crippen molar-refractivity contribution in [3.05, 3.63) is 23.8 Å². The van der Waals surface area contributed by atoms with Crippen LogP contribution in [0.25, 0.3) is 0 Å².